The van der Waals surface area contributed by atoms with Crippen LogP contribution in [0.2, 0.25) is 0 Å². The van der Waals surface area contributed by atoms with E-state index in [2.05, 4.69) is 29.7 Å². The van der Waals surface area contributed by atoms with E-state index in [1.165, 1.54) is 5.56 Å². The third-order valence-corrected chi connectivity index (χ3v) is 2.80. The molecule has 0 aromatic heterocycles. The number of unbranched alkanes of at least 4 members (excludes halogenated alkanes) is 1. The third-order valence-electron chi connectivity index (χ3n) is 2.55. The molecule has 0 unspecified atom stereocenters. The van der Waals surface area contributed by atoms with Crippen molar-refractivity contribution >= 4 is 23.2 Å². The number of benzene rings is 1. The zero-order valence-electron chi connectivity index (χ0n) is 10.7. The SMILES string of the molecule is CCCCC(=O)NC(=S)NCCc1ccccc1. The topological polar surface area (TPSA) is 41.1 Å². The van der Waals surface area contributed by atoms with Crippen LogP contribution < -0.4 is 10.6 Å². The molecule has 4 heteroatoms. The highest BCUT2D eigenvalue weighted by molar-refractivity contribution is 7.80. The van der Waals surface area contributed by atoms with Gasteiger partial charge in [0.25, 0.3) is 0 Å². The van der Waals surface area contributed by atoms with Gasteiger partial charge < -0.3 is 10.6 Å². The molecule has 0 aliphatic rings. The highest BCUT2D eigenvalue weighted by Gasteiger charge is 2.02. The molecule has 1 rings (SSSR count). The van der Waals surface area contributed by atoms with Crippen LogP contribution in [0.25, 0.3) is 0 Å². The molecule has 3 nitrogen and oxygen atoms in total. The van der Waals surface area contributed by atoms with E-state index in [4.69, 9.17) is 12.2 Å². The minimum absolute atomic E-state index is 0.00550. The minimum atomic E-state index is -0.00550. The summed E-state index contributed by atoms with van der Waals surface area (Å²) in [5.74, 6) is -0.00550. The first-order valence-electron chi connectivity index (χ1n) is 6.34. The maximum Gasteiger partial charge on any atom is 0.226 e. The predicted octanol–water partition coefficient (Wildman–Crippen LogP) is 2.41. The number of rotatable bonds is 6. The molecule has 0 fully saturated rings. The molecule has 18 heavy (non-hydrogen) atoms. The maximum atomic E-state index is 11.4. The van der Waals surface area contributed by atoms with E-state index >= 15 is 0 Å². The lowest BCUT2D eigenvalue weighted by Crippen LogP contribution is -2.39. The van der Waals surface area contributed by atoms with Gasteiger partial charge in [-0.05, 0) is 30.6 Å². The van der Waals surface area contributed by atoms with Gasteiger partial charge in [-0.3, -0.25) is 4.79 Å². The molecule has 1 aromatic carbocycles. The summed E-state index contributed by atoms with van der Waals surface area (Å²) < 4.78 is 0. The van der Waals surface area contributed by atoms with Crippen LogP contribution in [0.1, 0.15) is 31.7 Å². The smallest absolute Gasteiger partial charge is 0.226 e. The quantitative estimate of drug-likeness (QED) is 0.775. The van der Waals surface area contributed by atoms with E-state index in [9.17, 15) is 4.79 Å². The first-order chi connectivity index (χ1) is 8.72. The van der Waals surface area contributed by atoms with Crippen LogP contribution in [-0.4, -0.2) is 17.6 Å². The van der Waals surface area contributed by atoms with Gasteiger partial charge in [0, 0.05) is 13.0 Å². The average Bonchev–Trinajstić information content (AvgIpc) is 2.37. The van der Waals surface area contributed by atoms with Crippen LogP contribution >= 0.6 is 12.2 Å². The summed E-state index contributed by atoms with van der Waals surface area (Å²) in [5.41, 5.74) is 1.25. The lowest BCUT2D eigenvalue weighted by Gasteiger charge is -2.09. The van der Waals surface area contributed by atoms with Crippen molar-refractivity contribution < 1.29 is 4.79 Å². The summed E-state index contributed by atoms with van der Waals surface area (Å²) >= 11 is 5.05. The van der Waals surface area contributed by atoms with E-state index in [-0.39, 0.29) is 5.91 Å². The van der Waals surface area contributed by atoms with Crippen molar-refractivity contribution in [3.63, 3.8) is 0 Å². The number of amides is 1. The first-order valence-corrected chi connectivity index (χ1v) is 6.74. The second kappa shape index (κ2) is 8.64. The van der Waals surface area contributed by atoms with E-state index in [0.29, 0.717) is 11.5 Å². The normalized spacial score (nSPS) is 9.83. The Balaban J connectivity index is 2.15. The fourth-order valence-corrected chi connectivity index (χ4v) is 1.75. The third kappa shape index (κ3) is 6.35. The van der Waals surface area contributed by atoms with E-state index in [1.807, 2.05) is 18.2 Å². The zero-order chi connectivity index (χ0) is 13.2. The molecule has 0 aliphatic carbocycles. The molecule has 0 heterocycles. The molecule has 0 bridgehead atoms. The fraction of sp³-hybridized carbons (Fsp3) is 0.429. The Bertz CT molecular complexity index is 379. The van der Waals surface area contributed by atoms with Gasteiger partial charge in [-0.2, -0.15) is 0 Å². The van der Waals surface area contributed by atoms with Gasteiger partial charge in [-0.1, -0.05) is 43.7 Å². The van der Waals surface area contributed by atoms with E-state index in [0.717, 1.165) is 25.8 Å². The van der Waals surface area contributed by atoms with Gasteiger partial charge in [0.15, 0.2) is 5.11 Å². The lowest BCUT2D eigenvalue weighted by atomic mass is 10.1. The fourth-order valence-electron chi connectivity index (χ4n) is 1.54. The Labute approximate surface area is 114 Å². The second-order valence-electron chi connectivity index (χ2n) is 4.14. The second-order valence-corrected chi connectivity index (χ2v) is 4.55. The Morgan fingerprint density at radius 3 is 2.67 bits per heavy atom. The highest BCUT2D eigenvalue weighted by Crippen LogP contribution is 1.98. The molecular weight excluding hydrogens is 244 g/mol. The predicted molar refractivity (Wildman–Crippen MR) is 78.4 cm³/mol. The summed E-state index contributed by atoms with van der Waals surface area (Å²) in [4.78, 5) is 11.4. The van der Waals surface area contributed by atoms with Gasteiger partial charge in [0.1, 0.15) is 0 Å². The average molecular weight is 264 g/mol. The molecule has 1 aromatic rings. The summed E-state index contributed by atoms with van der Waals surface area (Å²) in [6.45, 7) is 2.79. The molecule has 2 N–H and O–H groups in total. The summed E-state index contributed by atoms with van der Waals surface area (Å²) in [5, 5.41) is 6.14. The number of thiocarbonyl (C=S) groups is 1. The molecule has 1 amide bonds. The van der Waals surface area contributed by atoms with Crippen molar-refractivity contribution in [3.05, 3.63) is 35.9 Å². The molecule has 0 saturated heterocycles. The van der Waals surface area contributed by atoms with Crippen molar-refractivity contribution in [1.29, 1.82) is 0 Å². The Morgan fingerprint density at radius 1 is 1.28 bits per heavy atom. The first kappa shape index (κ1) is 14.6. The molecule has 0 atom stereocenters. The molecule has 0 aliphatic heterocycles. The van der Waals surface area contributed by atoms with Crippen molar-refractivity contribution in [2.24, 2.45) is 0 Å². The van der Waals surface area contributed by atoms with Crippen LogP contribution in [0.4, 0.5) is 0 Å². The Hall–Kier alpha value is -1.42. The minimum Gasteiger partial charge on any atom is -0.362 e. The van der Waals surface area contributed by atoms with Gasteiger partial charge in [-0.25, -0.2) is 0 Å². The Kier molecular flexibility index (Phi) is 7.03. The van der Waals surface area contributed by atoms with Crippen molar-refractivity contribution in [1.82, 2.24) is 10.6 Å². The zero-order valence-corrected chi connectivity index (χ0v) is 11.6. The number of hydrogen-bond donors (Lipinski definition) is 2. The maximum absolute atomic E-state index is 11.4. The monoisotopic (exact) mass is 264 g/mol. The van der Waals surface area contributed by atoms with E-state index < -0.39 is 0 Å². The highest BCUT2D eigenvalue weighted by atomic mass is 32.1. The lowest BCUT2D eigenvalue weighted by molar-refractivity contribution is -0.119. The Morgan fingerprint density at radius 2 is 2.00 bits per heavy atom. The molecular formula is C14H20N2OS. The van der Waals surface area contributed by atoms with Crippen LogP contribution in [0.15, 0.2) is 30.3 Å². The van der Waals surface area contributed by atoms with Crippen LogP contribution in [0, 0.1) is 0 Å². The van der Waals surface area contributed by atoms with Gasteiger partial charge >= 0.3 is 0 Å². The van der Waals surface area contributed by atoms with Crippen LogP contribution in [0.3, 0.4) is 0 Å². The van der Waals surface area contributed by atoms with Crippen LogP contribution in [0.5, 0.6) is 0 Å². The van der Waals surface area contributed by atoms with Gasteiger partial charge in [0.2, 0.25) is 5.91 Å². The molecule has 0 saturated carbocycles. The van der Waals surface area contributed by atoms with Crippen molar-refractivity contribution in [2.75, 3.05) is 6.54 Å². The van der Waals surface area contributed by atoms with E-state index in [1.54, 1.807) is 0 Å². The largest absolute Gasteiger partial charge is 0.362 e. The van der Waals surface area contributed by atoms with Crippen molar-refractivity contribution in [2.45, 2.75) is 32.6 Å². The molecule has 98 valence electrons. The molecule has 0 spiro atoms. The summed E-state index contributed by atoms with van der Waals surface area (Å²) in [6.07, 6.45) is 3.35. The molecule has 0 radical (unpaired) electrons. The number of nitrogens with one attached hydrogen (secondary N) is 2. The number of hydrogen-bond acceptors (Lipinski definition) is 2. The summed E-state index contributed by atoms with van der Waals surface area (Å²) in [7, 11) is 0. The number of carbonyl (C=O) groups is 1. The van der Waals surface area contributed by atoms with Gasteiger partial charge in [-0.15, -0.1) is 0 Å². The van der Waals surface area contributed by atoms with Gasteiger partial charge in [0.05, 0.1) is 0 Å². The number of carbonyl (C=O) groups excluding carboxylic acids is 1. The summed E-state index contributed by atoms with van der Waals surface area (Å²) in [6, 6.07) is 10.2. The van der Waals surface area contributed by atoms with Crippen LogP contribution in [-0.2, 0) is 11.2 Å². The standard InChI is InChI=1S/C14H20N2OS/c1-2-3-9-13(17)16-14(18)15-11-10-12-7-5-4-6-8-12/h4-8H,2-3,9-11H2,1H3,(H2,15,16,17,18). The van der Waals surface area contributed by atoms with Crippen molar-refractivity contribution in [3.8, 4) is 0 Å².